The van der Waals surface area contributed by atoms with Crippen LogP contribution in [0.1, 0.15) is 26.2 Å². The highest BCUT2D eigenvalue weighted by Gasteiger charge is 2.22. The zero-order valence-corrected chi connectivity index (χ0v) is 13.6. The van der Waals surface area contributed by atoms with Crippen molar-refractivity contribution in [1.82, 2.24) is 25.1 Å². The van der Waals surface area contributed by atoms with Crippen LogP contribution in [0.2, 0.25) is 0 Å². The van der Waals surface area contributed by atoms with Crippen molar-refractivity contribution in [1.29, 1.82) is 0 Å². The van der Waals surface area contributed by atoms with E-state index >= 15 is 0 Å². The molecule has 0 aliphatic carbocycles. The summed E-state index contributed by atoms with van der Waals surface area (Å²) >= 11 is 0. The summed E-state index contributed by atoms with van der Waals surface area (Å²) in [4.78, 5) is 14.4. The fourth-order valence-electron chi connectivity index (χ4n) is 2.99. The molecule has 1 aliphatic heterocycles. The van der Waals surface area contributed by atoms with Gasteiger partial charge in [-0.25, -0.2) is 4.68 Å². The van der Waals surface area contributed by atoms with Crippen molar-refractivity contribution >= 4 is 11.6 Å². The van der Waals surface area contributed by atoms with Gasteiger partial charge in [-0.2, -0.15) is 0 Å². The number of rotatable bonds is 4. The lowest BCUT2D eigenvalue weighted by Crippen LogP contribution is -2.44. The van der Waals surface area contributed by atoms with E-state index in [1.165, 1.54) is 6.42 Å². The average Bonchev–Trinajstić information content (AvgIpc) is 2.99. The molecule has 0 radical (unpaired) electrons. The molecule has 1 amide bonds. The number of nitrogens with zero attached hydrogens (tertiary/aromatic N) is 5. The number of piperidine rings is 1. The zero-order chi connectivity index (χ0) is 16.2. The van der Waals surface area contributed by atoms with Crippen molar-refractivity contribution in [3.05, 3.63) is 24.3 Å². The Kier molecular flexibility index (Phi) is 4.55. The van der Waals surface area contributed by atoms with Gasteiger partial charge in [0.2, 0.25) is 5.91 Å². The Morgan fingerprint density at radius 1 is 1.39 bits per heavy atom. The average molecular weight is 314 g/mol. The summed E-state index contributed by atoms with van der Waals surface area (Å²) in [5, 5.41) is 14.7. The van der Waals surface area contributed by atoms with Crippen molar-refractivity contribution in [2.24, 2.45) is 7.05 Å². The van der Waals surface area contributed by atoms with E-state index in [0.717, 1.165) is 30.6 Å². The third-order valence-electron chi connectivity index (χ3n) is 4.31. The van der Waals surface area contributed by atoms with Crippen LogP contribution in [-0.4, -0.2) is 50.1 Å². The normalized spacial score (nSPS) is 18.0. The van der Waals surface area contributed by atoms with Crippen LogP contribution < -0.4 is 5.32 Å². The second-order valence-corrected chi connectivity index (χ2v) is 5.99. The molecule has 7 heteroatoms. The Morgan fingerprint density at radius 2 is 2.26 bits per heavy atom. The minimum absolute atomic E-state index is 0.155. The number of aryl methyl sites for hydroxylation is 1. The third kappa shape index (κ3) is 3.49. The number of tetrazole rings is 1. The summed E-state index contributed by atoms with van der Waals surface area (Å²) in [6, 6.07) is 8.12. The molecule has 1 unspecified atom stereocenters. The first kappa shape index (κ1) is 15.5. The summed E-state index contributed by atoms with van der Waals surface area (Å²) in [5.41, 5.74) is 1.81. The minimum Gasteiger partial charge on any atom is -0.376 e. The zero-order valence-electron chi connectivity index (χ0n) is 13.6. The molecule has 1 aromatic heterocycles. The fourth-order valence-corrected chi connectivity index (χ4v) is 2.99. The van der Waals surface area contributed by atoms with Gasteiger partial charge in [0.25, 0.3) is 0 Å². The summed E-state index contributed by atoms with van der Waals surface area (Å²) in [6.07, 6.45) is 3.41. The lowest BCUT2D eigenvalue weighted by molar-refractivity contribution is -0.132. The second kappa shape index (κ2) is 6.76. The Bertz CT molecular complexity index is 683. The van der Waals surface area contributed by atoms with E-state index in [0.29, 0.717) is 18.4 Å². The number of carbonyl (C=O) groups is 1. The van der Waals surface area contributed by atoms with Gasteiger partial charge in [0, 0.05) is 30.9 Å². The molecular weight excluding hydrogens is 292 g/mol. The van der Waals surface area contributed by atoms with Crippen molar-refractivity contribution in [3.63, 3.8) is 0 Å². The smallest absolute Gasteiger partial charge is 0.242 e. The maximum atomic E-state index is 12.4. The molecule has 0 bridgehead atoms. The molecule has 1 aromatic carbocycles. The van der Waals surface area contributed by atoms with Gasteiger partial charge >= 0.3 is 0 Å². The number of hydrogen-bond donors (Lipinski definition) is 1. The molecule has 2 aromatic rings. The number of likely N-dealkylation sites (tertiary alicyclic amines) is 1. The van der Waals surface area contributed by atoms with Crippen LogP contribution in [0.3, 0.4) is 0 Å². The van der Waals surface area contributed by atoms with Crippen LogP contribution in [0.5, 0.6) is 0 Å². The van der Waals surface area contributed by atoms with E-state index in [1.807, 2.05) is 29.2 Å². The van der Waals surface area contributed by atoms with E-state index in [1.54, 1.807) is 11.7 Å². The van der Waals surface area contributed by atoms with Gasteiger partial charge in [0.1, 0.15) is 0 Å². The predicted octanol–water partition coefficient (Wildman–Crippen LogP) is 1.69. The number of anilines is 1. The minimum atomic E-state index is 0.155. The topological polar surface area (TPSA) is 75.9 Å². The highest BCUT2D eigenvalue weighted by molar-refractivity contribution is 5.81. The first-order chi connectivity index (χ1) is 11.1. The van der Waals surface area contributed by atoms with E-state index < -0.39 is 0 Å². The molecule has 1 atom stereocenters. The van der Waals surface area contributed by atoms with Crippen LogP contribution in [0.25, 0.3) is 11.4 Å². The van der Waals surface area contributed by atoms with Crippen LogP contribution in [-0.2, 0) is 11.8 Å². The summed E-state index contributed by atoms with van der Waals surface area (Å²) < 4.78 is 1.62. The fraction of sp³-hybridized carbons (Fsp3) is 0.500. The number of carbonyl (C=O) groups excluding carboxylic acids is 1. The molecule has 1 N–H and O–H groups in total. The Balaban J connectivity index is 1.64. The van der Waals surface area contributed by atoms with Crippen molar-refractivity contribution in [2.45, 2.75) is 32.2 Å². The predicted molar refractivity (Wildman–Crippen MR) is 87.7 cm³/mol. The molecule has 7 nitrogen and oxygen atoms in total. The lowest BCUT2D eigenvalue weighted by atomic mass is 10.0. The van der Waals surface area contributed by atoms with Gasteiger partial charge in [-0.15, -0.1) is 5.10 Å². The highest BCUT2D eigenvalue weighted by Crippen LogP contribution is 2.20. The van der Waals surface area contributed by atoms with Crippen LogP contribution in [0, 0.1) is 0 Å². The summed E-state index contributed by atoms with van der Waals surface area (Å²) in [6.45, 7) is 3.30. The molecule has 1 fully saturated rings. The number of hydrogen-bond acceptors (Lipinski definition) is 5. The van der Waals surface area contributed by atoms with Crippen molar-refractivity contribution < 1.29 is 4.79 Å². The molecule has 122 valence electrons. The summed E-state index contributed by atoms with van der Waals surface area (Å²) in [5.74, 6) is 0.854. The van der Waals surface area contributed by atoms with E-state index in [2.05, 4.69) is 27.8 Å². The number of amides is 1. The standard InChI is InChI=1S/C16H22N6O/c1-12-6-3-4-9-22(12)15(23)11-17-14-8-5-7-13(10-14)16-18-19-20-21(16)2/h5,7-8,10,12,17H,3-4,6,9,11H2,1-2H3. The highest BCUT2D eigenvalue weighted by atomic mass is 16.2. The van der Waals surface area contributed by atoms with Gasteiger partial charge in [-0.1, -0.05) is 12.1 Å². The Hall–Kier alpha value is -2.44. The molecule has 1 saturated heterocycles. The van der Waals surface area contributed by atoms with Crippen molar-refractivity contribution in [3.8, 4) is 11.4 Å². The maximum absolute atomic E-state index is 12.4. The van der Waals surface area contributed by atoms with Gasteiger partial charge in [-0.3, -0.25) is 4.79 Å². The molecule has 3 rings (SSSR count). The number of aromatic nitrogens is 4. The first-order valence-corrected chi connectivity index (χ1v) is 8.01. The molecule has 2 heterocycles. The van der Waals surface area contributed by atoms with Crippen LogP contribution >= 0.6 is 0 Å². The van der Waals surface area contributed by atoms with Gasteiger partial charge in [-0.05, 0) is 48.7 Å². The van der Waals surface area contributed by atoms with Gasteiger partial charge in [0.05, 0.1) is 6.54 Å². The first-order valence-electron chi connectivity index (χ1n) is 8.01. The van der Waals surface area contributed by atoms with Crippen LogP contribution in [0.15, 0.2) is 24.3 Å². The second-order valence-electron chi connectivity index (χ2n) is 5.99. The van der Waals surface area contributed by atoms with Gasteiger partial charge < -0.3 is 10.2 Å². The van der Waals surface area contributed by atoms with E-state index in [9.17, 15) is 4.79 Å². The monoisotopic (exact) mass is 314 g/mol. The quantitative estimate of drug-likeness (QED) is 0.929. The summed E-state index contributed by atoms with van der Waals surface area (Å²) in [7, 11) is 1.80. The number of nitrogens with one attached hydrogen (secondary N) is 1. The maximum Gasteiger partial charge on any atom is 0.242 e. The van der Waals surface area contributed by atoms with E-state index in [4.69, 9.17) is 0 Å². The van der Waals surface area contributed by atoms with Crippen LogP contribution in [0.4, 0.5) is 5.69 Å². The molecule has 1 aliphatic rings. The molecular formula is C16H22N6O. The largest absolute Gasteiger partial charge is 0.376 e. The Morgan fingerprint density at radius 3 is 3.00 bits per heavy atom. The molecule has 0 saturated carbocycles. The lowest BCUT2D eigenvalue weighted by Gasteiger charge is -2.33. The molecule has 0 spiro atoms. The SMILES string of the molecule is CC1CCCCN1C(=O)CNc1cccc(-c2nnnn2C)c1. The molecule has 23 heavy (non-hydrogen) atoms. The van der Waals surface area contributed by atoms with Gasteiger partial charge in [0.15, 0.2) is 5.82 Å². The van der Waals surface area contributed by atoms with E-state index in [-0.39, 0.29) is 5.91 Å². The van der Waals surface area contributed by atoms with Crippen molar-refractivity contribution in [2.75, 3.05) is 18.4 Å². The third-order valence-corrected chi connectivity index (χ3v) is 4.31. The Labute approximate surface area is 135 Å². The number of benzene rings is 1.